The van der Waals surface area contributed by atoms with Gasteiger partial charge in [0, 0.05) is 65.8 Å². The number of benzene rings is 1. The molecule has 4 saturated carbocycles. The molecule has 2 amide bonds. The number of fused-ring (bicyclic) bond motifs is 3. The monoisotopic (exact) mass is 741 g/mol. The van der Waals surface area contributed by atoms with E-state index in [1.807, 2.05) is 28.0 Å². The molecule has 0 radical (unpaired) electrons. The average molecular weight is 742 g/mol. The van der Waals surface area contributed by atoms with Crippen LogP contribution in [0, 0.1) is 24.2 Å². The summed E-state index contributed by atoms with van der Waals surface area (Å²) in [5.41, 5.74) is 4.83. The van der Waals surface area contributed by atoms with Crippen LogP contribution in [0.2, 0.25) is 0 Å². The van der Waals surface area contributed by atoms with Crippen molar-refractivity contribution in [1.82, 2.24) is 19.7 Å². The standard InChI is InChI=1S/C42H55N5O5S/c1-29-25-45(26-29)40(49)52-36-7-4-31(5-8-36)39(48)46(28-41-13-16-42(17-14-41,18-15-41)34-6-9-37(51-3)30(2)22-34)38-23-32(10-19-43-38)33-24-44-47(27-33)35-11-20-53(50)21-12-35/h6,9-10,19,22-24,27,29,31,35-36H,4-5,7-8,11-18,20-21,25-26,28H2,1-3H3. The van der Waals surface area contributed by atoms with Gasteiger partial charge < -0.3 is 14.4 Å². The zero-order valence-electron chi connectivity index (χ0n) is 31.6. The van der Waals surface area contributed by atoms with Gasteiger partial charge in [0.05, 0.1) is 19.3 Å². The lowest BCUT2D eigenvalue weighted by atomic mass is 9.51. The Hall–Kier alpha value is -3.73. The number of aromatic nitrogens is 3. The average Bonchev–Trinajstić information content (AvgIpc) is 3.67. The molecule has 11 heteroatoms. The van der Waals surface area contributed by atoms with E-state index in [4.69, 9.17) is 19.6 Å². The quantitative estimate of drug-likeness (QED) is 0.222. The van der Waals surface area contributed by atoms with Crippen molar-refractivity contribution in [2.75, 3.05) is 43.1 Å². The van der Waals surface area contributed by atoms with Crippen LogP contribution in [-0.2, 0) is 25.7 Å². The largest absolute Gasteiger partial charge is 0.496 e. The Morgan fingerprint density at radius 1 is 0.943 bits per heavy atom. The minimum Gasteiger partial charge on any atom is -0.496 e. The van der Waals surface area contributed by atoms with Crippen LogP contribution in [0.1, 0.15) is 101 Å². The van der Waals surface area contributed by atoms with E-state index in [1.165, 1.54) is 11.1 Å². The van der Waals surface area contributed by atoms with Gasteiger partial charge in [-0.15, -0.1) is 0 Å². The summed E-state index contributed by atoms with van der Waals surface area (Å²) in [5, 5.41) is 4.72. The first-order valence-electron chi connectivity index (χ1n) is 19.9. The number of hydrogen-bond acceptors (Lipinski definition) is 7. The molecule has 2 aliphatic heterocycles. The summed E-state index contributed by atoms with van der Waals surface area (Å²) in [6.45, 7) is 6.47. The number of ether oxygens (including phenoxy) is 2. The molecule has 1 aromatic carbocycles. The van der Waals surface area contributed by atoms with Crippen LogP contribution in [0.15, 0.2) is 48.9 Å². The van der Waals surface area contributed by atoms with Crippen molar-refractivity contribution in [3.05, 3.63) is 60.0 Å². The van der Waals surface area contributed by atoms with Gasteiger partial charge in [0.2, 0.25) is 5.91 Å². The fourth-order valence-electron chi connectivity index (χ4n) is 9.94. The molecule has 0 N–H and O–H groups in total. The molecule has 4 heterocycles. The van der Waals surface area contributed by atoms with Gasteiger partial charge in [-0.05, 0) is 136 Å². The summed E-state index contributed by atoms with van der Waals surface area (Å²) in [4.78, 5) is 36.1. The summed E-state index contributed by atoms with van der Waals surface area (Å²) in [7, 11) is 1.01. The maximum atomic E-state index is 14.8. The molecule has 9 rings (SSSR count). The van der Waals surface area contributed by atoms with Gasteiger partial charge in [0.1, 0.15) is 17.7 Å². The molecular weight excluding hydrogens is 687 g/mol. The smallest absolute Gasteiger partial charge is 0.410 e. The second kappa shape index (κ2) is 14.8. The lowest BCUT2D eigenvalue weighted by molar-refractivity contribution is -0.124. The van der Waals surface area contributed by atoms with Crippen molar-refractivity contribution in [1.29, 1.82) is 0 Å². The van der Waals surface area contributed by atoms with E-state index >= 15 is 0 Å². The molecule has 0 atom stereocenters. The highest BCUT2D eigenvalue weighted by molar-refractivity contribution is 7.85. The third-order valence-corrected chi connectivity index (χ3v) is 14.9. The Labute approximate surface area is 316 Å². The second-order valence-corrected chi connectivity index (χ2v) is 18.6. The summed E-state index contributed by atoms with van der Waals surface area (Å²) in [6.07, 6.45) is 16.6. The van der Waals surface area contributed by atoms with E-state index in [2.05, 4.69) is 44.3 Å². The number of methoxy groups -OCH3 is 1. The highest BCUT2D eigenvalue weighted by Gasteiger charge is 2.51. The number of nitrogens with zero attached hydrogens (tertiary/aromatic N) is 5. The summed E-state index contributed by atoms with van der Waals surface area (Å²) in [6, 6.07) is 11.1. The van der Waals surface area contributed by atoms with Crippen LogP contribution in [0.3, 0.4) is 0 Å². The molecule has 10 nitrogen and oxygen atoms in total. The molecule has 0 spiro atoms. The number of likely N-dealkylation sites (tertiary alicyclic amines) is 1. The third kappa shape index (κ3) is 7.39. The number of amides is 2. The predicted molar refractivity (Wildman–Crippen MR) is 206 cm³/mol. The van der Waals surface area contributed by atoms with E-state index in [0.717, 1.165) is 92.8 Å². The SMILES string of the molecule is COc1ccc(C23CCC(CN(C(=O)C4CCC(OC(=O)N5CC(C)C5)CC4)c4cc(-c5cnn(C6CCS(=O)CC6)c5)ccn4)(CC2)CC3)cc1C. The fourth-order valence-corrected chi connectivity index (χ4v) is 11.2. The third-order valence-electron chi connectivity index (χ3n) is 13.5. The van der Waals surface area contributed by atoms with Gasteiger partial charge in [-0.2, -0.15) is 5.10 Å². The zero-order valence-corrected chi connectivity index (χ0v) is 32.5. The summed E-state index contributed by atoms with van der Waals surface area (Å²) < 4.78 is 25.4. The molecule has 3 aromatic rings. The maximum absolute atomic E-state index is 14.8. The van der Waals surface area contributed by atoms with Crippen LogP contribution in [0.5, 0.6) is 5.75 Å². The normalized spacial score (nSPS) is 30.1. The Morgan fingerprint density at radius 3 is 2.32 bits per heavy atom. The highest BCUT2D eigenvalue weighted by Crippen LogP contribution is 2.58. The number of aryl methyl sites for hydroxylation is 1. The number of carbonyl (C=O) groups excluding carboxylic acids is 2. The zero-order chi connectivity index (χ0) is 36.7. The predicted octanol–water partition coefficient (Wildman–Crippen LogP) is 7.62. The molecule has 4 aliphatic carbocycles. The van der Waals surface area contributed by atoms with E-state index in [-0.39, 0.29) is 40.9 Å². The first-order valence-corrected chi connectivity index (χ1v) is 21.4. The minimum absolute atomic E-state index is 0.0453. The Balaban J connectivity index is 1.01. The fraction of sp³-hybridized carbons (Fsp3) is 0.619. The Morgan fingerprint density at radius 2 is 1.66 bits per heavy atom. The van der Waals surface area contributed by atoms with Crippen LogP contribution in [0.25, 0.3) is 11.1 Å². The molecule has 53 heavy (non-hydrogen) atoms. The van der Waals surface area contributed by atoms with Gasteiger partial charge in [0.15, 0.2) is 0 Å². The summed E-state index contributed by atoms with van der Waals surface area (Å²) in [5.74, 6) is 3.63. The first kappa shape index (κ1) is 36.3. The number of pyridine rings is 1. The molecular formula is C42H55N5O5S. The van der Waals surface area contributed by atoms with E-state index in [9.17, 15) is 13.8 Å². The Kier molecular flexibility index (Phi) is 10.1. The van der Waals surface area contributed by atoms with Crippen molar-refractivity contribution in [2.24, 2.45) is 17.3 Å². The molecule has 284 valence electrons. The van der Waals surface area contributed by atoms with Gasteiger partial charge >= 0.3 is 6.09 Å². The molecule has 0 unspecified atom stereocenters. The minimum atomic E-state index is -0.720. The van der Waals surface area contributed by atoms with Crippen LogP contribution in [0.4, 0.5) is 10.6 Å². The molecule has 6 aliphatic rings. The summed E-state index contributed by atoms with van der Waals surface area (Å²) >= 11 is 0. The van der Waals surface area contributed by atoms with Crippen molar-refractivity contribution in [2.45, 2.75) is 108 Å². The van der Waals surface area contributed by atoms with Crippen LogP contribution >= 0.6 is 0 Å². The van der Waals surface area contributed by atoms with Gasteiger partial charge in [-0.3, -0.25) is 18.6 Å². The number of rotatable bonds is 9. The van der Waals surface area contributed by atoms with Crippen molar-refractivity contribution in [3.8, 4) is 16.9 Å². The first-order chi connectivity index (χ1) is 25.6. The second-order valence-electron chi connectivity index (χ2n) is 16.9. The lowest BCUT2D eigenvalue weighted by Crippen LogP contribution is -2.52. The molecule has 2 saturated heterocycles. The van der Waals surface area contributed by atoms with E-state index in [1.54, 1.807) is 12.0 Å². The highest BCUT2D eigenvalue weighted by atomic mass is 32.2. The van der Waals surface area contributed by atoms with Crippen LogP contribution < -0.4 is 9.64 Å². The maximum Gasteiger partial charge on any atom is 0.410 e. The van der Waals surface area contributed by atoms with E-state index in [0.29, 0.717) is 44.0 Å². The van der Waals surface area contributed by atoms with Gasteiger partial charge in [-0.1, -0.05) is 19.1 Å². The van der Waals surface area contributed by atoms with Crippen molar-refractivity contribution in [3.63, 3.8) is 0 Å². The van der Waals surface area contributed by atoms with Crippen LogP contribution in [-0.4, -0.2) is 80.2 Å². The topological polar surface area (TPSA) is 107 Å². The molecule has 6 fully saturated rings. The number of hydrogen-bond donors (Lipinski definition) is 0. The van der Waals surface area contributed by atoms with Crippen molar-refractivity contribution < 1.29 is 23.3 Å². The number of carbonyl (C=O) groups is 2. The lowest BCUT2D eigenvalue weighted by Gasteiger charge is -2.55. The Bertz CT molecular complexity index is 1810. The molecule has 2 aromatic heterocycles. The van der Waals surface area contributed by atoms with Crippen molar-refractivity contribution >= 4 is 28.6 Å². The van der Waals surface area contributed by atoms with E-state index < -0.39 is 10.8 Å². The van der Waals surface area contributed by atoms with Gasteiger partial charge in [0.25, 0.3) is 0 Å². The number of anilines is 1. The van der Waals surface area contributed by atoms with Gasteiger partial charge in [-0.25, -0.2) is 9.78 Å². The molecule has 2 bridgehead atoms.